The first-order valence-corrected chi connectivity index (χ1v) is 11.2. The third-order valence-corrected chi connectivity index (χ3v) is 5.55. The highest BCUT2D eigenvalue weighted by atomic mass is 16.5. The summed E-state index contributed by atoms with van der Waals surface area (Å²) in [5.74, 6) is 15.2. The summed E-state index contributed by atoms with van der Waals surface area (Å²) in [6.45, 7) is 5.34. The number of rotatable bonds is 8. The molecule has 1 aromatic carbocycles. The summed E-state index contributed by atoms with van der Waals surface area (Å²) in [6, 6.07) is 8.05. The molecular formula is C27H36O. The summed E-state index contributed by atoms with van der Waals surface area (Å²) >= 11 is 0. The average Bonchev–Trinajstić information content (AvgIpc) is 2.74. The zero-order valence-electron chi connectivity index (χ0n) is 17.8. The van der Waals surface area contributed by atoms with Crippen LogP contribution < -0.4 is 4.74 Å². The SMILES string of the molecule is CCCCCCCOc1ccc(C#C/C=C/C#CC2CCC(CC)CC2)cc1. The van der Waals surface area contributed by atoms with Crippen LogP contribution in [0.5, 0.6) is 5.75 Å². The first kappa shape index (κ1) is 22.2. The number of unbranched alkanes of at least 4 members (excludes halogenated alkanes) is 4. The van der Waals surface area contributed by atoms with Crippen LogP contribution in [-0.2, 0) is 0 Å². The summed E-state index contributed by atoms with van der Waals surface area (Å²) in [7, 11) is 0. The minimum absolute atomic E-state index is 0.583. The fraction of sp³-hybridized carbons (Fsp3) is 0.556. The molecule has 1 aromatic rings. The molecule has 1 aliphatic carbocycles. The highest BCUT2D eigenvalue weighted by molar-refractivity contribution is 5.40. The maximum absolute atomic E-state index is 5.79. The Morgan fingerprint density at radius 2 is 1.61 bits per heavy atom. The second kappa shape index (κ2) is 14.0. The van der Waals surface area contributed by atoms with E-state index in [9.17, 15) is 0 Å². The zero-order valence-corrected chi connectivity index (χ0v) is 17.8. The molecule has 0 saturated heterocycles. The van der Waals surface area contributed by atoms with Gasteiger partial charge in [-0.15, -0.1) is 0 Å². The van der Waals surface area contributed by atoms with Crippen LogP contribution >= 0.6 is 0 Å². The van der Waals surface area contributed by atoms with Crippen LogP contribution in [-0.4, -0.2) is 6.61 Å². The van der Waals surface area contributed by atoms with Crippen molar-refractivity contribution in [3.05, 3.63) is 42.0 Å². The van der Waals surface area contributed by atoms with E-state index < -0.39 is 0 Å². The predicted molar refractivity (Wildman–Crippen MR) is 120 cm³/mol. The maximum Gasteiger partial charge on any atom is 0.119 e. The van der Waals surface area contributed by atoms with E-state index in [1.54, 1.807) is 0 Å². The molecule has 1 fully saturated rings. The van der Waals surface area contributed by atoms with Crippen molar-refractivity contribution in [1.82, 2.24) is 0 Å². The molecule has 1 heteroatoms. The third kappa shape index (κ3) is 9.19. The zero-order chi connectivity index (χ0) is 19.9. The van der Waals surface area contributed by atoms with Crippen LogP contribution in [0.25, 0.3) is 0 Å². The van der Waals surface area contributed by atoms with E-state index in [-0.39, 0.29) is 0 Å². The van der Waals surface area contributed by atoms with Crippen molar-refractivity contribution in [3.63, 3.8) is 0 Å². The smallest absolute Gasteiger partial charge is 0.119 e. The van der Waals surface area contributed by atoms with E-state index in [0.29, 0.717) is 5.92 Å². The minimum atomic E-state index is 0.583. The monoisotopic (exact) mass is 376 g/mol. The number of benzene rings is 1. The lowest BCUT2D eigenvalue weighted by Crippen LogP contribution is -2.12. The summed E-state index contributed by atoms with van der Waals surface area (Å²) in [6.07, 6.45) is 16.6. The van der Waals surface area contributed by atoms with Crippen LogP contribution in [0.1, 0.15) is 83.6 Å². The van der Waals surface area contributed by atoms with Crippen molar-refractivity contribution in [2.75, 3.05) is 6.61 Å². The molecule has 1 nitrogen and oxygen atoms in total. The molecule has 1 saturated carbocycles. The fourth-order valence-corrected chi connectivity index (χ4v) is 3.62. The predicted octanol–water partition coefficient (Wildman–Crippen LogP) is 7.16. The van der Waals surface area contributed by atoms with Gasteiger partial charge in [0.15, 0.2) is 0 Å². The molecule has 0 spiro atoms. The Morgan fingerprint density at radius 1 is 0.893 bits per heavy atom. The quantitative estimate of drug-likeness (QED) is 0.345. The van der Waals surface area contributed by atoms with Gasteiger partial charge < -0.3 is 4.74 Å². The molecule has 0 aromatic heterocycles. The molecule has 0 atom stereocenters. The molecule has 0 bridgehead atoms. The molecule has 0 N–H and O–H groups in total. The number of allylic oxidation sites excluding steroid dienone is 2. The Hall–Kier alpha value is -2.12. The first-order valence-electron chi connectivity index (χ1n) is 11.2. The molecule has 0 radical (unpaired) electrons. The van der Waals surface area contributed by atoms with Crippen molar-refractivity contribution in [2.45, 2.75) is 78.1 Å². The molecule has 150 valence electrons. The van der Waals surface area contributed by atoms with E-state index >= 15 is 0 Å². The number of ether oxygens (including phenoxy) is 1. The van der Waals surface area contributed by atoms with Crippen LogP contribution in [0, 0.1) is 35.5 Å². The molecule has 0 amide bonds. The van der Waals surface area contributed by atoms with Crippen LogP contribution in [0.3, 0.4) is 0 Å². The number of hydrogen-bond acceptors (Lipinski definition) is 1. The third-order valence-electron chi connectivity index (χ3n) is 5.55. The van der Waals surface area contributed by atoms with E-state index in [1.807, 2.05) is 36.4 Å². The maximum atomic E-state index is 5.79. The summed E-state index contributed by atoms with van der Waals surface area (Å²) < 4.78 is 5.79. The van der Waals surface area contributed by atoms with Gasteiger partial charge in [0.2, 0.25) is 0 Å². The van der Waals surface area contributed by atoms with Gasteiger partial charge in [-0.2, -0.15) is 0 Å². The lowest BCUT2D eigenvalue weighted by Gasteiger charge is -2.24. The van der Waals surface area contributed by atoms with Gasteiger partial charge in [0.1, 0.15) is 5.75 Å². The molecule has 0 heterocycles. The lowest BCUT2D eigenvalue weighted by atomic mass is 9.81. The normalized spacial score (nSPS) is 18.8. The van der Waals surface area contributed by atoms with Crippen molar-refractivity contribution >= 4 is 0 Å². The molecular weight excluding hydrogens is 340 g/mol. The van der Waals surface area contributed by atoms with E-state index in [2.05, 4.69) is 37.5 Å². The van der Waals surface area contributed by atoms with Gasteiger partial charge in [-0.25, -0.2) is 0 Å². The standard InChI is InChI=1S/C27H36O/c1-3-5-6-9-12-23-28-27-21-19-26(20-22-27)14-11-8-7-10-13-25-17-15-24(4-2)16-18-25/h7-8,19-22,24-25H,3-6,9,12,15-18,23H2,1-2H3/b8-7+. The van der Waals surface area contributed by atoms with Crippen molar-refractivity contribution in [3.8, 4) is 29.4 Å². The summed E-state index contributed by atoms with van der Waals surface area (Å²) in [5.41, 5.74) is 1.01. The largest absolute Gasteiger partial charge is 0.494 e. The Balaban J connectivity index is 1.67. The first-order chi connectivity index (χ1) is 13.8. The lowest BCUT2D eigenvalue weighted by molar-refractivity contribution is 0.304. The van der Waals surface area contributed by atoms with Gasteiger partial charge in [-0.1, -0.05) is 69.6 Å². The highest BCUT2D eigenvalue weighted by Gasteiger charge is 2.17. The van der Waals surface area contributed by atoms with Crippen LogP contribution in [0.2, 0.25) is 0 Å². The van der Waals surface area contributed by atoms with E-state index in [1.165, 1.54) is 57.8 Å². The van der Waals surface area contributed by atoms with Gasteiger partial charge in [-0.05, 0) is 74.4 Å². The molecule has 1 aliphatic rings. The highest BCUT2D eigenvalue weighted by Crippen LogP contribution is 2.29. The number of hydrogen-bond donors (Lipinski definition) is 0. The average molecular weight is 377 g/mol. The van der Waals surface area contributed by atoms with Crippen molar-refractivity contribution < 1.29 is 4.74 Å². The van der Waals surface area contributed by atoms with E-state index in [4.69, 9.17) is 4.74 Å². The van der Waals surface area contributed by atoms with Crippen molar-refractivity contribution in [2.24, 2.45) is 11.8 Å². The summed E-state index contributed by atoms with van der Waals surface area (Å²) in [4.78, 5) is 0. The fourth-order valence-electron chi connectivity index (χ4n) is 3.62. The van der Waals surface area contributed by atoms with Gasteiger partial charge in [0, 0.05) is 11.5 Å². The Morgan fingerprint density at radius 3 is 2.32 bits per heavy atom. The minimum Gasteiger partial charge on any atom is -0.494 e. The molecule has 0 unspecified atom stereocenters. The van der Waals surface area contributed by atoms with Gasteiger partial charge >= 0.3 is 0 Å². The molecule has 28 heavy (non-hydrogen) atoms. The Kier molecular flexibility index (Phi) is 11.1. The van der Waals surface area contributed by atoms with Crippen LogP contribution in [0.15, 0.2) is 36.4 Å². The second-order valence-corrected chi connectivity index (χ2v) is 7.80. The van der Waals surface area contributed by atoms with Gasteiger partial charge in [0.25, 0.3) is 0 Å². The summed E-state index contributed by atoms with van der Waals surface area (Å²) in [5, 5.41) is 0. The van der Waals surface area contributed by atoms with Gasteiger partial charge in [-0.3, -0.25) is 0 Å². The molecule has 0 aliphatic heterocycles. The van der Waals surface area contributed by atoms with Gasteiger partial charge in [0.05, 0.1) is 6.61 Å². The van der Waals surface area contributed by atoms with E-state index in [0.717, 1.165) is 30.3 Å². The van der Waals surface area contributed by atoms with Crippen LogP contribution in [0.4, 0.5) is 0 Å². The topological polar surface area (TPSA) is 9.23 Å². The Bertz CT molecular complexity index is 682. The molecule has 2 rings (SSSR count). The Labute approximate surface area is 173 Å². The second-order valence-electron chi connectivity index (χ2n) is 7.80. The van der Waals surface area contributed by atoms with Crippen molar-refractivity contribution in [1.29, 1.82) is 0 Å².